The maximum Gasteiger partial charge on any atom is 0.256 e. The third-order valence-electron chi connectivity index (χ3n) is 2.86. The Bertz CT molecular complexity index is 512. The predicted molar refractivity (Wildman–Crippen MR) is 60.3 cm³/mol. The monoisotopic (exact) mass is 248 g/mol. The minimum atomic E-state index is -1.08. The molecule has 1 saturated heterocycles. The molecule has 1 fully saturated rings. The molecule has 0 aromatic carbocycles. The van der Waals surface area contributed by atoms with Gasteiger partial charge in [0.15, 0.2) is 0 Å². The molecule has 94 valence electrons. The molecule has 1 aliphatic rings. The number of carbonyl (C=O) groups excluding carboxylic acids is 3. The molecule has 18 heavy (non-hydrogen) atoms. The first-order valence-electron chi connectivity index (χ1n) is 5.36. The van der Waals surface area contributed by atoms with Crippen molar-refractivity contribution in [2.24, 2.45) is 0 Å². The molecule has 7 heteroatoms. The number of amides is 3. The first-order chi connectivity index (χ1) is 8.43. The smallest absolute Gasteiger partial charge is 0.256 e. The zero-order valence-electron chi connectivity index (χ0n) is 10.0. The summed E-state index contributed by atoms with van der Waals surface area (Å²) < 4.78 is 0. The van der Waals surface area contributed by atoms with E-state index in [0.29, 0.717) is 5.56 Å². The van der Waals surface area contributed by atoms with E-state index in [1.165, 1.54) is 23.4 Å². The summed E-state index contributed by atoms with van der Waals surface area (Å²) in [5, 5.41) is 9.38. The van der Waals surface area contributed by atoms with Crippen molar-refractivity contribution in [2.45, 2.75) is 19.4 Å². The zero-order chi connectivity index (χ0) is 13.3. The maximum atomic E-state index is 12.2. The molecule has 0 spiro atoms. The minimum absolute atomic E-state index is 0.153. The standard InChI is InChI=1S/C11H12N4O3/c1-11(2)10(18)14-8(16)6-15(11)9(17)7-3-4-12-13-5-7/h3-5H,6H2,1-2H3,(H,14,16,18). The van der Waals surface area contributed by atoms with Gasteiger partial charge in [0.1, 0.15) is 12.1 Å². The van der Waals surface area contributed by atoms with Crippen LogP contribution in [0.4, 0.5) is 0 Å². The summed E-state index contributed by atoms with van der Waals surface area (Å²) >= 11 is 0. The van der Waals surface area contributed by atoms with Gasteiger partial charge in [-0.2, -0.15) is 10.2 Å². The average Bonchev–Trinajstić information content (AvgIpc) is 2.34. The Morgan fingerprint density at radius 1 is 1.39 bits per heavy atom. The zero-order valence-corrected chi connectivity index (χ0v) is 10.0. The number of nitrogens with one attached hydrogen (secondary N) is 1. The lowest BCUT2D eigenvalue weighted by Crippen LogP contribution is -2.65. The van der Waals surface area contributed by atoms with Crippen LogP contribution in [0.15, 0.2) is 18.5 Å². The largest absolute Gasteiger partial charge is 0.315 e. The van der Waals surface area contributed by atoms with Gasteiger partial charge in [0, 0.05) is 0 Å². The van der Waals surface area contributed by atoms with E-state index in [0.717, 1.165) is 0 Å². The Morgan fingerprint density at radius 3 is 2.72 bits per heavy atom. The first-order valence-corrected chi connectivity index (χ1v) is 5.36. The highest BCUT2D eigenvalue weighted by Crippen LogP contribution is 2.20. The van der Waals surface area contributed by atoms with Crippen LogP contribution < -0.4 is 5.32 Å². The van der Waals surface area contributed by atoms with Crippen LogP contribution >= 0.6 is 0 Å². The molecular weight excluding hydrogens is 236 g/mol. The average molecular weight is 248 g/mol. The second-order valence-electron chi connectivity index (χ2n) is 4.46. The number of nitrogens with zero attached hydrogens (tertiary/aromatic N) is 3. The highest BCUT2D eigenvalue weighted by molar-refractivity contribution is 6.08. The molecule has 1 aromatic heterocycles. The van der Waals surface area contributed by atoms with E-state index >= 15 is 0 Å². The molecular formula is C11H12N4O3. The van der Waals surface area contributed by atoms with Crippen molar-refractivity contribution in [3.8, 4) is 0 Å². The van der Waals surface area contributed by atoms with Gasteiger partial charge in [0.05, 0.1) is 18.0 Å². The number of hydrogen-bond donors (Lipinski definition) is 1. The van der Waals surface area contributed by atoms with E-state index in [1.54, 1.807) is 13.8 Å². The molecule has 0 saturated carbocycles. The summed E-state index contributed by atoms with van der Waals surface area (Å²) in [5.74, 6) is -1.40. The van der Waals surface area contributed by atoms with Gasteiger partial charge in [-0.1, -0.05) is 0 Å². The maximum absolute atomic E-state index is 12.2. The molecule has 2 rings (SSSR count). The van der Waals surface area contributed by atoms with Crippen LogP contribution in [0, 0.1) is 0 Å². The fourth-order valence-electron chi connectivity index (χ4n) is 1.68. The fraction of sp³-hybridized carbons (Fsp3) is 0.364. The van der Waals surface area contributed by atoms with Crippen molar-refractivity contribution in [1.29, 1.82) is 0 Å². The lowest BCUT2D eigenvalue weighted by atomic mass is 9.97. The van der Waals surface area contributed by atoms with Crippen molar-refractivity contribution in [3.63, 3.8) is 0 Å². The molecule has 1 aromatic rings. The SMILES string of the molecule is CC1(C)C(=O)NC(=O)CN1C(=O)c1ccnnc1. The Morgan fingerprint density at radius 2 is 2.11 bits per heavy atom. The minimum Gasteiger partial charge on any atom is -0.315 e. The number of aromatic nitrogens is 2. The Balaban J connectivity index is 2.34. The molecule has 0 bridgehead atoms. The highest BCUT2D eigenvalue weighted by Gasteiger charge is 2.43. The highest BCUT2D eigenvalue weighted by atomic mass is 16.2. The molecule has 7 nitrogen and oxygen atoms in total. The van der Waals surface area contributed by atoms with Crippen LogP contribution in [0.25, 0.3) is 0 Å². The number of piperazine rings is 1. The van der Waals surface area contributed by atoms with Crippen LogP contribution in [-0.2, 0) is 9.59 Å². The van der Waals surface area contributed by atoms with E-state index in [2.05, 4.69) is 15.5 Å². The van der Waals surface area contributed by atoms with Crippen molar-refractivity contribution in [2.75, 3.05) is 6.54 Å². The van der Waals surface area contributed by atoms with Crippen LogP contribution in [0.3, 0.4) is 0 Å². The van der Waals surface area contributed by atoms with Gasteiger partial charge in [0.25, 0.3) is 11.8 Å². The molecule has 0 radical (unpaired) electrons. The molecule has 1 N–H and O–H groups in total. The molecule has 0 atom stereocenters. The van der Waals surface area contributed by atoms with Crippen LogP contribution in [0.5, 0.6) is 0 Å². The summed E-state index contributed by atoms with van der Waals surface area (Å²) in [4.78, 5) is 36.5. The Kier molecular flexibility index (Phi) is 2.82. The lowest BCUT2D eigenvalue weighted by Gasteiger charge is -2.40. The third kappa shape index (κ3) is 1.94. The van der Waals surface area contributed by atoms with Gasteiger partial charge >= 0.3 is 0 Å². The quantitative estimate of drug-likeness (QED) is 0.667. The second kappa shape index (κ2) is 4.17. The van der Waals surface area contributed by atoms with Crippen molar-refractivity contribution < 1.29 is 14.4 Å². The summed E-state index contributed by atoms with van der Waals surface area (Å²) in [6.07, 6.45) is 2.68. The Labute approximate surface area is 103 Å². The number of imide groups is 1. The van der Waals surface area contributed by atoms with E-state index in [4.69, 9.17) is 0 Å². The molecule has 0 unspecified atom stereocenters. The summed E-state index contributed by atoms with van der Waals surface area (Å²) in [6.45, 7) is 3.02. The van der Waals surface area contributed by atoms with Gasteiger partial charge < -0.3 is 4.90 Å². The second-order valence-corrected chi connectivity index (χ2v) is 4.46. The number of rotatable bonds is 1. The van der Waals surface area contributed by atoms with Gasteiger partial charge in [-0.25, -0.2) is 0 Å². The Hall–Kier alpha value is -2.31. The topological polar surface area (TPSA) is 92.3 Å². The number of hydrogen-bond acceptors (Lipinski definition) is 5. The van der Waals surface area contributed by atoms with Gasteiger partial charge in [-0.15, -0.1) is 0 Å². The fourth-order valence-corrected chi connectivity index (χ4v) is 1.68. The third-order valence-corrected chi connectivity index (χ3v) is 2.86. The van der Waals surface area contributed by atoms with Crippen LogP contribution in [0.2, 0.25) is 0 Å². The molecule has 0 aliphatic carbocycles. The lowest BCUT2D eigenvalue weighted by molar-refractivity contribution is -0.143. The first kappa shape index (κ1) is 12.2. The van der Waals surface area contributed by atoms with E-state index in [1.807, 2.05) is 0 Å². The van der Waals surface area contributed by atoms with Crippen molar-refractivity contribution >= 4 is 17.7 Å². The predicted octanol–water partition coefficient (Wildman–Crippen LogP) is -0.646. The molecule has 2 heterocycles. The number of carbonyl (C=O) groups is 3. The summed E-state index contributed by atoms with van der Waals surface area (Å²) in [7, 11) is 0. The van der Waals surface area contributed by atoms with Crippen molar-refractivity contribution in [3.05, 3.63) is 24.0 Å². The van der Waals surface area contributed by atoms with E-state index < -0.39 is 23.3 Å². The van der Waals surface area contributed by atoms with Crippen molar-refractivity contribution in [1.82, 2.24) is 20.4 Å². The normalized spacial score (nSPS) is 18.4. The van der Waals surface area contributed by atoms with Gasteiger partial charge in [0.2, 0.25) is 5.91 Å². The van der Waals surface area contributed by atoms with Gasteiger partial charge in [-0.3, -0.25) is 19.7 Å². The summed E-state index contributed by atoms with van der Waals surface area (Å²) in [6, 6.07) is 1.49. The van der Waals surface area contributed by atoms with E-state index in [-0.39, 0.29) is 6.54 Å². The van der Waals surface area contributed by atoms with Crippen LogP contribution in [-0.4, -0.2) is 44.9 Å². The summed E-state index contributed by atoms with van der Waals surface area (Å²) in [5.41, 5.74) is -0.783. The molecule has 3 amide bonds. The van der Waals surface area contributed by atoms with Gasteiger partial charge in [-0.05, 0) is 19.9 Å². The molecule has 1 aliphatic heterocycles. The van der Waals surface area contributed by atoms with E-state index in [9.17, 15) is 14.4 Å². The van der Waals surface area contributed by atoms with Crippen LogP contribution in [0.1, 0.15) is 24.2 Å².